The second kappa shape index (κ2) is 7.34. The Morgan fingerprint density at radius 2 is 1.88 bits per heavy atom. The number of carbonyl (C=O) groups excluding carboxylic acids is 2. The van der Waals surface area contributed by atoms with Gasteiger partial charge in [0.05, 0.1) is 11.8 Å². The van der Waals surface area contributed by atoms with Crippen LogP contribution in [-0.2, 0) is 11.3 Å². The van der Waals surface area contributed by atoms with Crippen LogP contribution in [0.1, 0.15) is 28.8 Å². The summed E-state index contributed by atoms with van der Waals surface area (Å²) in [5.74, 6) is 0.133. The minimum Gasteiger partial charge on any atom is -0.472 e. The highest BCUT2D eigenvalue weighted by atomic mass is 16.3. The summed E-state index contributed by atoms with van der Waals surface area (Å²) in [5, 5.41) is 0. The number of hydrogen-bond donors (Lipinski definition) is 0. The Bertz CT molecular complexity index is 674. The molecule has 1 fully saturated rings. The number of furan rings is 1. The minimum absolute atomic E-state index is 0.00730. The molecule has 0 N–H and O–H groups in total. The summed E-state index contributed by atoms with van der Waals surface area (Å²) in [6, 6.07) is 11.7. The molecule has 2 heterocycles. The Balaban J connectivity index is 1.52. The first-order chi connectivity index (χ1) is 11.6. The van der Waals surface area contributed by atoms with Crippen molar-refractivity contribution in [1.29, 1.82) is 0 Å². The van der Waals surface area contributed by atoms with Crippen molar-refractivity contribution in [2.24, 2.45) is 5.92 Å². The fourth-order valence-electron chi connectivity index (χ4n) is 3.15. The van der Waals surface area contributed by atoms with Gasteiger partial charge in [0.1, 0.15) is 6.26 Å². The Labute approximate surface area is 141 Å². The van der Waals surface area contributed by atoms with Crippen LogP contribution in [0.4, 0.5) is 0 Å². The van der Waals surface area contributed by atoms with E-state index in [-0.39, 0.29) is 17.7 Å². The van der Waals surface area contributed by atoms with Crippen LogP contribution in [0.3, 0.4) is 0 Å². The van der Waals surface area contributed by atoms with Gasteiger partial charge >= 0.3 is 0 Å². The summed E-state index contributed by atoms with van der Waals surface area (Å²) in [5.41, 5.74) is 1.70. The third-order valence-corrected chi connectivity index (χ3v) is 4.54. The Morgan fingerprint density at radius 1 is 1.17 bits per heavy atom. The van der Waals surface area contributed by atoms with Crippen molar-refractivity contribution in [2.75, 3.05) is 20.1 Å². The highest BCUT2D eigenvalue weighted by Crippen LogP contribution is 2.21. The van der Waals surface area contributed by atoms with E-state index in [2.05, 4.69) is 0 Å². The molecular formula is C19H22N2O3. The van der Waals surface area contributed by atoms with Gasteiger partial charge in [0.15, 0.2) is 0 Å². The van der Waals surface area contributed by atoms with Crippen LogP contribution in [0.25, 0.3) is 0 Å². The second-order valence-corrected chi connectivity index (χ2v) is 6.26. The van der Waals surface area contributed by atoms with Crippen LogP contribution in [0.5, 0.6) is 0 Å². The highest BCUT2D eigenvalue weighted by Gasteiger charge is 2.29. The normalized spacial score (nSPS) is 15.3. The predicted octanol–water partition coefficient (Wildman–Crippen LogP) is 2.79. The molecule has 24 heavy (non-hydrogen) atoms. The molecule has 0 spiro atoms. The van der Waals surface area contributed by atoms with E-state index in [1.807, 2.05) is 37.4 Å². The molecule has 1 aliphatic heterocycles. The SMILES string of the molecule is CN(Cc1ccccc1)C(=O)C1CCN(C(=O)c2ccoc2)CC1. The van der Waals surface area contributed by atoms with Crippen molar-refractivity contribution in [3.63, 3.8) is 0 Å². The molecule has 3 rings (SSSR count). The van der Waals surface area contributed by atoms with E-state index in [1.165, 1.54) is 12.5 Å². The summed E-state index contributed by atoms with van der Waals surface area (Å²) in [6.07, 6.45) is 4.39. The largest absolute Gasteiger partial charge is 0.472 e. The molecule has 126 valence electrons. The van der Waals surface area contributed by atoms with Gasteiger partial charge in [0.25, 0.3) is 5.91 Å². The van der Waals surface area contributed by atoms with Gasteiger partial charge in [0, 0.05) is 32.6 Å². The number of amides is 2. The van der Waals surface area contributed by atoms with Crippen LogP contribution in [0, 0.1) is 5.92 Å². The molecule has 5 nitrogen and oxygen atoms in total. The molecule has 0 saturated carbocycles. The quantitative estimate of drug-likeness (QED) is 0.868. The third-order valence-electron chi connectivity index (χ3n) is 4.54. The van der Waals surface area contributed by atoms with Gasteiger partial charge < -0.3 is 14.2 Å². The van der Waals surface area contributed by atoms with E-state index in [0.29, 0.717) is 38.0 Å². The van der Waals surface area contributed by atoms with E-state index < -0.39 is 0 Å². The predicted molar refractivity (Wildman–Crippen MR) is 90.3 cm³/mol. The lowest BCUT2D eigenvalue weighted by Crippen LogP contribution is -2.43. The maximum atomic E-state index is 12.6. The summed E-state index contributed by atoms with van der Waals surface area (Å²) in [7, 11) is 1.85. The summed E-state index contributed by atoms with van der Waals surface area (Å²) in [6.45, 7) is 1.84. The summed E-state index contributed by atoms with van der Waals surface area (Å²) >= 11 is 0. The number of rotatable bonds is 4. The molecule has 1 aliphatic rings. The van der Waals surface area contributed by atoms with Crippen LogP contribution >= 0.6 is 0 Å². The van der Waals surface area contributed by atoms with Gasteiger partial charge in [0.2, 0.25) is 5.91 Å². The van der Waals surface area contributed by atoms with Crippen molar-refractivity contribution in [2.45, 2.75) is 19.4 Å². The average molecular weight is 326 g/mol. The van der Waals surface area contributed by atoms with E-state index >= 15 is 0 Å². The highest BCUT2D eigenvalue weighted by molar-refractivity contribution is 5.94. The summed E-state index contributed by atoms with van der Waals surface area (Å²) in [4.78, 5) is 28.5. The standard InChI is InChI=1S/C19H22N2O3/c1-20(13-15-5-3-2-4-6-15)18(22)16-7-10-21(11-8-16)19(23)17-9-12-24-14-17/h2-6,9,12,14,16H,7-8,10-11,13H2,1H3. The topological polar surface area (TPSA) is 53.8 Å². The molecule has 1 aromatic heterocycles. The number of benzene rings is 1. The Morgan fingerprint density at radius 3 is 2.50 bits per heavy atom. The first-order valence-electron chi connectivity index (χ1n) is 8.25. The van der Waals surface area contributed by atoms with E-state index in [4.69, 9.17) is 4.42 Å². The molecule has 1 aromatic carbocycles. The van der Waals surface area contributed by atoms with Gasteiger partial charge in [-0.3, -0.25) is 9.59 Å². The monoisotopic (exact) mass is 326 g/mol. The molecule has 0 atom stereocenters. The van der Waals surface area contributed by atoms with Crippen molar-refractivity contribution in [3.8, 4) is 0 Å². The van der Waals surface area contributed by atoms with Crippen LogP contribution < -0.4 is 0 Å². The number of hydrogen-bond acceptors (Lipinski definition) is 3. The first kappa shape index (κ1) is 16.3. The molecule has 1 saturated heterocycles. The molecule has 0 radical (unpaired) electrons. The number of nitrogens with zero attached hydrogens (tertiary/aromatic N) is 2. The molecular weight excluding hydrogens is 304 g/mol. The van der Waals surface area contributed by atoms with E-state index in [0.717, 1.165) is 5.56 Å². The Hall–Kier alpha value is -2.56. The van der Waals surface area contributed by atoms with Gasteiger partial charge in [-0.2, -0.15) is 0 Å². The average Bonchev–Trinajstić information content (AvgIpc) is 3.16. The zero-order valence-corrected chi connectivity index (χ0v) is 13.9. The van der Waals surface area contributed by atoms with Crippen LogP contribution in [0.15, 0.2) is 53.3 Å². The second-order valence-electron chi connectivity index (χ2n) is 6.26. The lowest BCUT2D eigenvalue weighted by atomic mass is 9.95. The van der Waals surface area contributed by atoms with Crippen molar-refractivity contribution in [3.05, 3.63) is 60.1 Å². The van der Waals surface area contributed by atoms with Gasteiger partial charge in [-0.15, -0.1) is 0 Å². The minimum atomic E-state index is -0.0210. The zero-order chi connectivity index (χ0) is 16.9. The first-order valence-corrected chi connectivity index (χ1v) is 8.25. The van der Waals surface area contributed by atoms with Crippen LogP contribution in [-0.4, -0.2) is 41.8 Å². The maximum absolute atomic E-state index is 12.6. The fourth-order valence-corrected chi connectivity index (χ4v) is 3.15. The molecule has 5 heteroatoms. The number of piperidine rings is 1. The lowest BCUT2D eigenvalue weighted by Gasteiger charge is -2.33. The molecule has 0 bridgehead atoms. The third kappa shape index (κ3) is 3.67. The van der Waals surface area contributed by atoms with Gasteiger partial charge in [-0.05, 0) is 24.5 Å². The molecule has 0 unspecified atom stereocenters. The van der Waals surface area contributed by atoms with Gasteiger partial charge in [-0.25, -0.2) is 0 Å². The zero-order valence-electron chi connectivity index (χ0n) is 13.9. The van der Waals surface area contributed by atoms with Gasteiger partial charge in [-0.1, -0.05) is 30.3 Å². The van der Waals surface area contributed by atoms with Crippen LogP contribution in [0.2, 0.25) is 0 Å². The maximum Gasteiger partial charge on any atom is 0.257 e. The van der Waals surface area contributed by atoms with Crippen molar-refractivity contribution >= 4 is 11.8 Å². The number of likely N-dealkylation sites (tertiary alicyclic amines) is 1. The molecule has 0 aliphatic carbocycles. The van der Waals surface area contributed by atoms with Crippen molar-refractivity contribution in [1.82, 2.24) is 9.80 Å². The van der Waals surface area contributed by atoms with E-state index in [9.17, 15) is 9.59 Å². The fraction of sp³-hybridized carbons (Fsp3) is 0.368. The van der Waals surface area contributed by atoms with Crippen molar-refractivity contribution < 1.29 is 14.0 Å². The Kier molecular flexibility index (Phi) is 4.99. The van der Waals surface area contributed by atoms with E-state index in [1.54, 1.807) is 15.9 Å². The molecule has 2 amide bonds. The smallest absolute Gasteiger partial charge is 0.257 e. The lowest BCUT2D eigenvalue weighted by molar-refractivity contribution is -0.136. The number of carbonyl (C=O) groups is 2. The summed E-state index contributed by atoms with van der Waals surface area (Å²) < 4.78 is 4.97. The molecule has 2 aromatic rings.